The summed E-state index contributed by atoms with van der Waals surface area (Å²) < 4.78 is 10.3. The van der Waals surface area contributed by atoms with Crippen LogP contribution < -0.4 is 10.6 Å². The van der Waals surface area contributed by atoms with E-state index >= 15 is 0 Å². The molecule has 1 aliphatic heterocycles. The molecule has 4 rings (SSSR count). The zero-order valence-electron chi connectivity index (χ0n) is 17.1. The monoisotopic (exact) mass is 444 g/mol. The molecule has 11 heteroatoms. The summed E-state index contributed by atoms with van der Waals surface area (Å²) in [7, 11) is 0. The molecule has 0 radical (unpaired) electrons. The highest BCUT2D eigenvalue weighted by molar-refractivity contribution is 8.00. The fraction of sp³-hybridized carbons (Fsp3) is 0.400. The lowest BCUT2D eigenvalue weighted by Crippen LogP contribution is -2.35. The van der Waals surface area contributed by atoms with Crippen LogP contribution in [0.25, 0.3) is 11.0 Å². The topological polar surface area (TPSA) is 125 Å². The lowest BCUT2D eigenvalue weighted by Gasteiger charge is -2.25. The summed E-state index contributed by atoms with van der Waals surface area (Å²) in [6.07, 6.45) is 0. The van der Waals surface area contributed by atoms with Gasteiger partial charge in [-0.2, -0.15) is 0 Å². The Balaban J connectivity index is 1.24. The Morgan fingerprint density at radius 1 is 1.16 bits per heavy atom. The molecule has 3 aromatic rings. The van der Waals surface area contributed by atoms with E-state index in [-0.39, 0.29) is 23.3 Å². The van der Waals surface area contributed by atoms with Gasteiger partial charge in [0, 0.05) is 24.8 Å². The Labute approximate surface area is 183 Å². The van der Waals surface area contributed by atoms with Crippen LogP contribution in [0.5, 0.6) is 0 Å². The number of aromatic amines is 1. The summed E-state index contributed by atoms with van der Waals surface area (Å²) >= 11 is 1.22. The molecule has 10 nitrogen and oxygen atoms in total. The van der Waals surface area contributed by atoms with Gasteiger partial charge in [-0.05, 0) is 25.1 Å². The highest BCUT2D eigenvalue weighted by Gasteiger charge is 2.14. The first-order valence-electron chi connectivity index (χ1n) is 9.95. The third-order valence-corrected chi connectivity index (χ3v) is 5.59. The molecule has 31 heavy (non-hydrogen) atoms. The van der Waals surface area contributed by atoms with Crippen molar-refractivity contribution in [2.75, 3.05) is 48.4 Å². The molecule has 0 saturated carbocycles. The summed E-state index contributed by atoms with van der Waals surface area (Å²) in [5.74, 6) is 1.76. The first kappa shape index (κ1) is 21.3. The van der Waals surface area contributed by atoms with Gasteiger partial charge < -0.3 is 24.9 Å². The second kappa shape index (κ2) is 9.94. The van der Waals surface area contributed by atoms with E-state index in [1.54, 1.807) is 13.0 Å². The number of hydrogen-bond acceptors (Lipinski definition) is 8. The predicted molar refractivity (Wildman–Crippen MR) is 118 cm³/mol. The molecule has 1 fully saturated rings. The number of imidazole rings is 1. The van der Waals surface area contributed by atoms with Crippen LogP contribution in [0.4, 0.5) is 11.5 Å². The molecule has 3 N–H and O–H groups in total. The van der Waals surface area contributed by atoms with E-state index in [1.807, 2.05) is 18.2 Å². The molecule has 0 bridgehead atoms. The second-order valence-corrected chi connectivity index (χ2v) is 8.20. The SMILES string of the molecule is Cc1cc(NC(=O)CSCC(=O)Nc2ccc3nc(CN4CCOCC4)[nH]c3c2)no1. The maximum atomic E-state index is 12.2. The number of amides is 2. The fourth-order valence-corrected chi connectivity index (χ4v) is 3.84. The number of carbonyl (C=O) groups excluding carboxylic acids is 2. The van der Waals surface area contributed by atoms with Gasteiger partial charge >= 0.3 is 0 Å². The fourth-order valence-electron chi connectivity index (χ4n) is 3.22. The maximum Gasteiger partial charge on any atom is 0.235 e. The molecular weight excluding hydrogens is 420 g/mol. The van der Waals surface area contributed by atoms with E-state index in [0.717, 1.165) is 49.7 Å². The number of nitrogens with zero attached hydrogens (tertiary/aromatic N) is 3. The molecule has 2 amide bonds. The van der Waals surface area contributed by atoms with Crippen molar-refractivity contribution in [3.8, 4) is 0 Å². The van der Waals surface area contributed by atoms with Crippen LogP contribution in [0.15, 0.2) is 28.8 Å². The average molecular weight is 445 g/mol. The summed E-state index contributed by atoms with van der Waals surface area (Å²) in [4.78, 5) is 34.3. The van der Waals surface area contributed by atoms with E-state index in [1.165, 1.54) is 11.8 Å². The molecule has 0 spiro atoms. The number of morpholine rings is 1. The number of aryl methyl sites for hydroxylation is 1. The minimum absolute atomic E-state index is 0.143. The van der Waals surface area contributed by atoms with Gasteiger partial charge in [0.15, 0.2) is 5.82 Å². The lowest BCUT2D eigenvalue weighted by atomic mass is 10.3. The van der Waals surface area contributed by atoms with Crippen LogP contribution in [0, 0.1) is 6.92 Å². The smallest absolute Gasteiger partial charge is 0.235 e. The standard InChI is InChI=1S/C20H24N6O4S/c1-13-8-17(25-30-13)24-20(28)12-31-11-19(27)21-14-2-3-15-16(9-14)23-18(22-15)10-26-4-6-29-7-5-26/h2-3,8-9H,4-7,10-12H2,1H3,(H,21,27)(H,22,23)(H,24,25,28). The van der Waals surface area contributed by atoms with Crippen LogP contribution in [0.1, 0.15) is 11.6 Å². The Kier molecular flexibility index (Phi) is 6.85. The number of carbonyl (C=O) groups is 2. The summed E-state index contributed by atoms with van der Waals surface area (Å²) in [6.45, 7) is 5.77. The van der Waals surface area contributed by atoms with Crippen molar-refractivity contribution >= 4 is 46.1 Å². The highest BCUT2D eigenvalue weighted by Crippen LogP contribution is 2.19. The van der Waals surface area contributed by atoms with Crippen LogP contribution in [-0.2, 0) is 20.9 Å². The van der Waals surface area contributed by atoms with Crippen LogP contribution >= 0.6 is 11.8 Å². The molecule has 1 aliphatic rings. The Bertz CT molecular complexity index is 1060. The normalized spacial score (nSPS) is 14.6. The number of nitrogens with one attached hydrogen (secondary N) is 3. The van der Waals surface area contributed by atoms with Crippen molar-refractivity contribution in [3.63, 3.8) is 0 Å². The molecule has 0 unspecified atom stereocenters. The first-order chi connectivity index (χ1) is 15.0. The third-order valence-electron chi connectivity index (χ3n) is 4.65. The molecule has 164 valence electrons. The Hall–Kier alpha value is -2.89. The number of hydrogen-bond donors (Lipinski definition) is 3. The van der Waals surface area contributed by atoms with Gasteiger partial charge in [-0.25, -0.2) is 4.98 Å². The number of anilines is 2. The van der Waals surface area contributed by atoms with Crippen LogP contribution in [-0.4, -0.2) is 69.6 Å². The zero-order chi connectivity index (χ0) is 21.6. The first-order valence-corrected chi connectivity index (χ1v) is 11.1. The van der Waals surface area contributed by atoms with Crippen LogP contribution in [0.2, 0.25) is 0 Å². The molecule has 0 aliphatic carbocycles. The van der Waals surface area contributed by atoms with Crippen molar-refractivity contribution in [1.82, 2.24) is 20.0 Å². The quantitative estimate of drug-likeness (QED) is 0.482. The highest BCUT2D eigenvalue weighted by atomic mass is 32.2. The third kappa shape index (κ3) is 6.06. The van der Waals surface area contributed by atoms with E-state index in [0.29, 0.717) is 17.3 Å². The number of fused-ring (bicyclic) bond motifs is 1. The van der Waals surface area contributed by atoms with E-state index in [2.05, 4.69) is 30.7 Å². The van der Waals surface area contributed by atoms with Crippen molar-refractivity contribution in [3.05, 3.63) is 35.9 Å². The zero-order valence-corrected chi connectivity index (χ0v) is 18.0. The largest absolute Gasteiger partial charge is 0.379 e. The average Bonchev–Trinajstić information content (AvgIpc) is 3.33. The van der Waals surface area contributed by atoms with Gasteiger partial charge in [0.1, 0.15) is 11.6 Å². The van der Waals surface area contributed by atoms with Crippen LogP contribution in [0.3, 0.4) is 0 Å². The van der Waals surface area contributed by atoms with E-state index in [9.17, 15) is 9.59 Å². The van der Waals surface area contributed by atoms with Gasteiger partial charge in [-0.3, -0.25) is 14.5 Å². The van der Waals surface area contributed by atoms with E-state index in [4.69, 9.17) is 9.26 Å². The van der Waals surface area contributed by atoms with Crippen molar-refractivity contribution < 1.29 is 18.8 Å². The van der Waals surface area contributed by atoms with Crippen molar-refractivity contribution in [2.45, 2.75) is 13.5 Å². The molecule has 2 aromatic heterocycles. The van der Waals surface area contributed by atoms with Gasteiger partial charge in [-0.1, -0.05) is 5.16 Å². The number of benzene rings is 1. The summed E-state index contributed by atoms with van der Waals surface area (Å²) in [6, 6.07) is 7.20. The predicted octanol–water partition coefficient (Wildman–Crippen LogP) is 2.00. The molecule has 3 heterocycles. The molecule has 1 aromatic carbocycles. The Morgan fingerprint density at radius 2 is 1.94 bits per heavy atom. The second-order valence-electron chi connectivity index (χ2n) is 7.22. The minimum atomic E-state index is -0.238. The van der Waals surface area contributed by atoms with Crippen molar-refractivity contribution in [1.29, 1.82) is 0 Å². The number of H-pyrrole nitrogens is 1. The number of ether oxygens (including phenoxy) is 1. The van der Waals surface area contributed by atoms with E-state index < -0.39 is 0 Å². The number of aromatic nitrogens is 3. The van der Waals surface area contributed by atoms with Gasteiger partial charge in [-0.15, -0.1) is 11.8 Å². The molecular formula is C20H24N6O4S. The lowest BCUT2D eigenvalue weighted by molar-refractivity contribution is -0.114. The molecule has 0 atom stereocenters. The maximum absolute atomic E-state index is 12.2. The number of thioether (sulfide) groups is 1. The summed E-state index contributed by atoms with van der Waals surface area (Å²) in [5.41, 5.74) is 2.41. The van der Waals surface area contributed by atoms with Crippen molar-refractivity contribution in [2.24, 2.45) is 0 Å². The van der Waals surface area contributed by atoms with Gasteiger partial charge in [0.2, 0.25) is 11.8 Å². The Morgan fingerprint density at radius 3 is 2.68 bits per heavy atom. The number of rotatable bonds is 8. The van der Waals surface area contributed by atoms with Gasteiger partial charge in [0.25, 0.3) is 0 Å². The molecule has 1 saturated heterocycles. The van der Waals surface area contributed by atoms with Gasteiger partial charge in [0.05, 0.1) is 42.3 Å². The minimum Gasteiger partial charge on any atom is -0.379 e. The summed E-state index contributed by atoms with van der Waals surface area (Å²) in [5, 5.41) is 9.18.